The lowest BCUT2D eigenvalue weighted by Gasteiger charge is -2.32. The second kappa shape index (κ2) is 39.5. The summed E-state index contributed by atoms with van der Waals surface area (Å²) in [4.78, 5) is 164. The second-order valence-corrected chi connectivity index (χ2v) is 20.8. The maximum absolute atomic E-state index is 14.4. The maximum Gasteiger partial charge on any atom is 0.335 e. The molecule has 1 fully saturated rings. The highest BCUT2D eigenvalue weighted by molar-refractivity contribution is 6.18. The molecule has 1 saturated heterocycles. The Kier molecular flexibility index (Phi) is 35.2. The number of alkyl halides is 1. The number of carbonyl (C=O) groups excluding carboxylic acids is 10. The van der Waals surface area contributed by atoms with Gasteiger partial charge in [0.25, 0.3) is 5.91 Å². The first-order valence-corrected chi connectivity index (χ1v) is 28.3. The van der Waals surface area contributed by atoms with E-state index in [0.717, 1.165) is 32.3 Å². The fraction of sp³-hybridized carbons (Fsp3) is 0.660. The average Bonchev–Trinajstić information content (AvgIpc) is 3.64. The topological polar surface area (TPSA) is 522 Å². The number of nitrogens with one attached hydrogen (secondary N) is 9. The Morgan fingerprint density at radius 2 is 1.20 bits per heavy atom. The van der Waals surface area contributed by atoms with Crippen molar-refractivity contribution in [3.8, 4) is 0 Å². The summed E-state index contributed by atoms with van der Waals surface area (Å²) < 4.78 is 5.33. The number of hydrogen-bond donors (Lipinski definition) is 18. The van der Waals surface area contributed by atoms with Gasteiger partial charge in [0.15, 0.2) is 12.1 Å². The molecular weight excluding hydrogens is 1140 g/mol. The predicted octanol–water partition coefficient (Wildman–Crippen LogP) is -4.97. The lowest BCUT2D eigenvalue weighted by molar-refractivity contribution is -0.155. The number of cyclic esters (lactones) is 1. The van der Waals surface area contributed by atoms with Gasteiger partial charge in [0.1, 0.15) is 54.6 Å². The third-order valence-corrected chi connectivity index (χ3v) is 13.6. The Morgan fingerprint density at radius 3 is 1.73 bits per heavy atom. The van der Waals surface area contributed by atoms with Crippen LogP contribution in [-0.2, 0) is 62.3 Å². The molecule has 1 heterocycles. The molecule has 0 saturated carbocycles. The Bertz CT molecular complexity index is 2370. The van der Waals surface area contributed by atoms with Gasteiger partial charge in [0.2, 0.25) is 47.3 Å². The summed E-state index contributed by atoms with van der Waals surface area (Å²) >= 11 is 5.88. The van der Waals surface area contributed by atoms with Gasteiger partial charge in [0.05, 0.1) is 36.0 Å². The molecule has 0 radical (unpaired) electrons. The monoisotopic (exact) mass is 1230 g/mol. The summed E-state index contributed by atoms with van der Waals surface area (Å²) in [7, 11) is 0. The number of nitrogens with two attached hydrogens (primary N) is 3. The van der Waals surface area contributed by atoms with Crippen molar-refractivity contribution in [2.75, 3.05) is 32.1 Å². The fourth-order valence-corrected chi connectivity index (χ4v) is 8.24. The van der Waals surface area contributed by atoms with E-state index in [1.807, 2.05) is 41.9 Å². The van der Waals surface area contributed by atoms with Crippen LogP contribution in [0.5, 0.6) is 0 Å². The standard InChI is InChI=1S/C53H87ClN12O19/c1-6-8-9-10-11-12-13-14-15-19-36(69)53(4,5)52(84)63-34-27-85-51(83)39(35(68)26-54)65-49(80)40(41(72)50(81)82)66-42(73)29(7-2)58-48(79)38(28(3)67)64-45(76)32(21-24-57)60-43(74)30(18-16-17-22-55)59-46(77)33(25-37(70)71)62-44(75)31(20-23-56)61-47(34)78/h6-10,28,30-36,38-41,67-69,72H,11-27,55-57H2,1-5H3,(H,58,79)(H,59,77)(H,60,74)(H,61,78)(H,62,75)(H,63,84)(H,64,76)(H,65,80)(H,66,73)(H,70,71)(H,81,82)/b8-6+,10-9+,29-7-/t28-,30-,31+,32-,33-,34-,35+,36+,38-,39-,40-,41-/m0/s1. The molecule has 0 aromatic heterocycles. The van der Waals surface area contributed by atoms with Gasteiger partial charge in [-0.15, -0.1) is 11.6 Å². The van der Waals surface area contributed by atoms with Crippen molar-refractivity contribution in [1.29, 1.82) is 0 Å². The van der Waals surface area contributed by atoms with E-state index in [-0.39, 0.29) is 45.3 Å². The van der Waals surface area contributed by atoms with Crippen molar-refractivity contribution in [1.82, 2.24) is 47.9 Å². The Labute approximate surface area is 497 Å². The summed E-state index contributed by atoms with van der Waals surface area (Å²) in [5.74, 6) is -17.9. The molecule has 1 aliphatic heterocycles. The summed E-state index contributed by atoms with van der Waals surface area (Å²) in [5, 5.41) is 83.0. The zero-order valence-electron chi connectivity index (χ0n) is 48.4. The SMILES string of the molecule is C/C=C1\NC(=O)[C@H]([C@H](C)O)NC(=O)[C@H](CCN)NC(=O)[C@H](CCCCN)NC(=O)[C@H](CC(=O)O)NC(=O)[C@@H](CCN)NC(=O)[C@@H](NC(=O)C(C)(C)[C@H](O)CCCCCC/C=C/C=C/C)COC(=O)[C@H]([C@H](O)CCl)NC(=O)[C@H]([C@H](O)C(=O)O)NC1=O. The van der Waals surface area contributed by atoms with Crippen LogP contribution in [0.25, 0.3) is 0 Å². The van der Waals surface area contributed by atoms with Crippen molar-refractivity contribution in [2.45, 2.75) is 184 Å². The van der Waals surface area contributed by atoms with Gasteiger partial charge in [-0.25, -0.2) is 9.59 Å². The lowest BCUT2D eigenvalue weighted by Crippen LogP contribution is -2.62. The molecule has 0 spiro atoms. The van der Waals surface area contributed by atoms with Gasteiger partial charge in [-0.05, 0) is 106 Å². The molecule has 12 atom stereocenters. The van der Waals surface area contributed by atoms with Crippen LogP contribution in [0.3, 0.4) is 0 Å². The molecule has 0 aliphatic carbocycles. The van der Waals surface area contributed by atoms with Crippen molar-refractivity contribution >= 4 is 82.7 Å². The molecule has 85 heavy (non-hydrogen) atoms. The van der Waals surface area contributed by atoms with Gasteiger partial charge in [0, 0.05) is 0 Å². The number of aliphatic hydroxyl groups excluding tert-OH is 4. The Morgan fingerprint density at radius 1 is 0.659 bits per heavy atom. The number of esters is 1. The molecule has 9 amide bonds. The number of unbranched alkanes of at least 4 members (excludes halogenated alkanes) is 5. The molecule has 0 unspecified atom stereocenters. The number of carboxylic acid groups (broad SMARTS) is 2. The molecule has 32 heteroatoms. The number of amides is 9. The molecule has 1 aliphatic rings. The third kappa shape index (κ3) is 26.4. The minimum Gasteiger partial charge on any atom is -0.481 e. The van der Waals surface area contributed by atoms with Gasteiger partial charge < -0.3 is 100 Å². The molecule has 0 aromatic carbocycles. The maximum atomic E-state index is 14.4. The number of carboxylic acids is 2. The highest BCUT2D eigenvalue weighted by Crippen LogP contribution is 2.26. The first kappa shape index (κ1) is 75.9. The van der Waals surface area contributed by atoms with Crippen LogP contribution < -0.4 is 65.1 Å². The van der Waals surface area contributed by atoms with E-state index >= 15 is 0 Å². The summed E-state index contributed by atoms with van der Waals surface area (Å²) in [6.07, 6.45) is 2.59. The van der Waals surface area contributed by atoms with Crippen molar-refractivity contribution in [2.24, 2.45) is 22.6 Å². The zero-order chi connectivity index (χ0) is 64.6. The Balaban J connectivity index is 4.12. The first-order valence-electron chi connectivity index (χ1n) is 27.8. The van der Waals surface area contributed by atoms with Crippen LogP contribution in [0.15, 0.2) is 36.1 Å². The molecule has 1 rings (SSSR count). The molecule has 21 N–H and O–H groups in total. The van der Waals surface area contributed by atoms with Gasteiger partial charge in [-0.2, -0.15) is 0 Å². The smallest absolute Gasteiger partial charge is 0.335 e. The molecule has 0 aromatic rings. The van der Waals surface area contributed by atoms with E-state index in [4.69, 9.17) is 33.5 Å². The number of ether oxygens (including phenoxy) is 1. The normalized spacial score (nSPS) is 24.6. The number of aliphatic carboxylic acids is 2. The molecular formula is C53H87ClN12O19. The van der Waals surface area contributed by atoms with E-state index < -0.39 is 180 Å². The minimum absolute atomic E-state index is 0.111. The molecule has 0 bridgehead atoms. The third-order valence-electron chi connectivity index (χ3n) is 13.3. The van der Waals surface area contributed by atoms with Crippen LogP contribution >= 0.6 is 11.6 Å². The van der Waals surface area contributed by atoms with Crippen LogP contribution in [0, 0.1) is 5.41 Å². The minimum atomic E-state index is -2.84. The highest BCUT2D eigenvalue weighted by Gasteiger charge is 2.42. The second-order valence-electron chi connectivity index (χ2n) is 20.5. The van der Waals surface area contributed by atoms with Crippen LogP contribution in [-0.4, -0.2) is 207 Å². The van der Waals surface area contributed by atoms with E-state index in [2.05, 4.69) is 37.2 Å². The lowest BCUT2D eigenvalue weighted by atomic mass is 9.82. The van der Waals surface area contributed by atoms with Gasteiger partial charge in [-0.1, -0.05) is 49.6 Å². The fourth-order valence-electron chi connectivity index (χ4n) is 8.06. The number of rotatable bonds is 26. The summed E-state index contributed by atoms with van der Waals surface area (Å²) in [6.45, 7) is 5.02. The van der Waals surface area contributed by atoms with Gasteiger partial charge in [-0.3, -0.25) is 47.9 Å². The van der Waals surface area contributed by atoms with Crippen molar-refractivity contribution in [3.05, 3.63) is 36.1 Å². The number of carbonyl (C=O) groups is 12. The number of hydrogen-bond acceptors (Lipinski definition) is 20. The van der Waals surface area contributed by atoms with Crippen molar-refractivity contribution in [3.63, 3.8) is 0 Å². The highest BCUT2D eigenvalue weighted by atomic mass is 35.5. The zero-order valence-corrected chi connectivity index (χ0v) is 49.2. The Hall–Kier alpha value is -7.13. The van der Waals surface area contributed by atoms with E-state index in [0.29, 0.717) is 19.3 Å². The molecule has 480 valence electrons. The quantitative estimate of drug-likeness (QED) is 0.0127. The van der Waals surface area contributed by atoms with Crippen LogP contribution in [0.1, 0.15) is 112 Å². The number of aliphatic hydroxyl groups is 4. The number of allylic oxidation sites excluding steroid dienone is 5. The molecule has 31 nitrogen and oxygen atoms in total. The van der Waals surface area contributed by atoms with E-state index in [1.54, 1.807) is 0 Å². The largest absolute Gasteiger partial charge is 0.481 e. The van der Waals surface area contributed by atoms with E-state index in [1.165, 1.54) is 20.8 Å². The first-order chi connectivity index (χ1) is 40.1. The number of halogens is 1. The summed E-state index contributed by atoms with van der Waals surface area (Å²) in [6, 6.07) is -16.0. The van der Waals surface area contributed by atoms with E-state index in [9.17, 15) is 88.2 Å². The van der Waals surface area contributed by atoms with Crippen LogP contribution in [0.4, 0.5) is 0 Å². The van der Waals surface area contributed by atoms with Crippen molar-refractivity contribution < 1.29 is 92.9 Å². The van der Waals surface area contributed by atoms with Crippen LogP contribution in [0.2, 0.25) is 0 Å². The summed E-state index contributed by atoms with van der Waals surface area (Å²) in [5.41, 5.74) is 14.8. The average molecular weight is 1230 g/mol. The predicted molar refractivity (Wildman–Crippen MR) is 304 cm³/mol. The van der Waals surface area contributed by atoms with Gasteiger partial charge >= 0.3 is 17.9 Å².